The van der Waals surface area contributed by atoms with Crippen molar-refractivity contribution >= 4 is 29.4 Å². The predicted molar refractivity (Wildman–Crippen MR) is 109 cm³/mol. The van der Waals surface area contributed by atoms with E-state index >= 15 is 0 Å². The van der Waals surface area contributed by atoms with Crippen molar-refractivity contribution in [1.82, 2.24) is 10.4 Å². The number of hydroxylamine groups is 1. The van der Waals surface area contributed by atoms with Gasteiger partial charge in [-0.3, -0.25) is 14.9 Å². The van der Waals surface area contributed by atoms with Crippen molar-refractivity contribution in [2.45, 2.75) is 6.54 Å². The third-order valence-electron chi connectivity index (χ3n) is 4.64. The smallest absolute Gasteiger partial charge is 0.324 e. The topological polar surface area (TPSA) is 76.1 Å². The molecule has 2 aromatic carbocycles. The van der Waals surface area contributed by atoms with Gasteiger partial charge in [0.1, 0.15) is 0 Å². The number of nitrogens with one attached hydrogen (secondary N) is 1. The molecule has 1 aliphatic rings. The van der Waals surface area contributed by atoms with Gasteiger partial charge in [-0.25, -0.2) is 10.3 Å². The van der Waals surface area contributed by atoms with Crippen molar-refractivity contribution in [3.8, 4) is 0 Å². The molecule has 0 aromatic heterocycles. The van der Waals surface area contributed by atoms with E-state index in [1.165, 1.54) is 6.08 Å². The number of hydrogen-bond donors (Lipinski definition) is 2. The van der Waals surface area contributed by atoms with Crippen molar-refractivity contribution in [1.29, 1.82) is 0 Å². The van der Waals surface area contributed by atoms with Crippen LogP contribution in [-0.2, 0) is 11.3 Å². The number of rotatable bonds is 6. The Balaban J connectivity index is 1.66. The van der Waals surface area contributed by atoms with Crippen LogP contribution in [0.15, 0.2) is 54.6 Å². The molecule has 3 rings (SSSR count). The third kappa shape index (κ3) is 4.50. The molecule has 0 aliphatic carbocycles. The van der Waals surface area contributed by atoms with E-state index in [-0.39, 0.29) is 6.03 Å². The molecule has 146 valence electrons. The third-order valence-corrected chi connectivity index (χ3v) is 4.64. The van der Waals surface area contributed by atoms with E-state index in [4.69, 9.17) is 5.21 Å². The van der Waals surface area contributed by atoms with Crippen LogP contribution in [0.5, 0.6) is 0 Å². The lowest BCUT2D eigenvalue weighted by molar-refractivity contribution is -0.124. The van der Waals surface area contributed by atoms with Crippen LogP contribution in [0.1, 0.15) is 11.1 Å². The molecule has 2 N–H and O–H groups in total. The number of anilines is 2. The number of nitrogens with zero attached hydrogens (tertiary/aromatic N) is 3. The molecule has 7 heteroatoms. The molecule has 3 amide bonds. The number of urea groups is 1. The van der Waals surface area contributed by atoms with Gasteiger partial charge in [-0.15, -0.1) is 0 Å². The van der Waals surface area contributed by atoms with E-state index in [0.29, 0.717) is 19.6 Å². The fourth-order valence-corrected chi connectivity index (χ4v) is 3.10. The van der Waals surface area contributed by atoms with Gasteiger partial charge in [0.25, 0.3) is 5.91 Å². The van der Waals surface area contributed by atoms with Crippen LogP contribution in [0.3, 0.4) is 0 Å². The Morgan fingerprint density at radius 1 is 1.18 bits per heavy atom. The fourth-order valence-electron chi connectivity index (χ4n) is 3.10. The average molecular weight is 380 g/mol. The summed E-state index contributed by atoms with van der Waals surface area (Å²) in [7, 11) is 3.99. The first-order chi connectivity index (χ1) is 13.5. The highest BCUT2D eigenvalue weighted by atomic mass is 16.5. The van der Waals surface area contributed by atoms with E-state index in [9.17, 15) is 9.59 Å². The number of amides is 3. The molecule has 1 heterocycles. The second-order valence-corrected chi connectivity index (χ2v) is 6.82. The number of benzene rings is 2. The zero-order valence-corrected chi connectivity index (χ0v) is 16.0. The maximum Gasteiger partial charge on any atom is 0.324 e. The standard InChI is InChI=1S/C21H24N4O3/c1-23(2)19-5-3-4-17(14-19)15-24-12-13-25(21(24)27)18-9-6-16(7-10-18)8-11-20(26)22-28/h3-11,14,28H,12-13,15H2,1-2H3,(H,22,26)/b11-8+. The maximum absolute atomic E-state index is 12.8. The van der Waals surface area contributed by atoms with Crippen molar-refractivity contribution in [3.05, 3.63) is 65.7 Å². The van der Waals surface area contributed by atoms with Gasteiger partial charge in [-0.2, -0.15) is 0 Å². The van der Waals surface area contributed by atoms with Crippen LogP contribution in [0, 0.1) is 0 Å². The maximum atomic E-state index is 12.8. The van der Waals surface area contributed by atoms with Gasteiger partial charge in [0.15, 0.2) is 0 Å². The number of carbonyl (C=O) groups is 2. The van der Waals surface area contributed by atoms with Crippen molar-refractivity contribution in [2.24, 2.45) is 0 Å². The quantitative estimate of drug-likeness (QED) is 0.459. The first-order valence-corrected chi connectivity index (χ1v) is 9.03. The first kappa shape index (κ1) is 19.4. The Morgan fingerprint density at radius 2 is 1.93 bits per heavy atom. The molecule has 2 aromatic rings. The Hall–Kier alpha value is -3.32. The summed E-state index contributed by atoms with van der Waals surface area (Å²) < 4.78 is 0. The van der Waals surface area contributed by atoms with Crippen molar-refractivity contribution < 1.29 is 14.8 Å². The highest BCUT2D eigenvalue weighted by Gasteiger charge is 2.29. The van der Waals surface area contributed by atoms with Crippen molar-refractivity contribution in [2.75, 3.05) is 37.0 Å². The highest BCUT2D eigenvalue weighted by molar-refractivity contribution is 5.94. The molecule has 0 saturated carbocycles. The molecule has 0 radical (unpaired) electrons. The van der Waals surface area contributed by atoms with Crippen LogP contribution in [-0.4, -0.2) is 49.2 Å². The van der Waals surface area contributed by atoms with Gasteiger partial charge in [0.05, 0.1) is 0 Å². The summed E-state index contributed by atoms with van der Waals surface area (Å²) >= 11 is 0. The number of hydrogen-bond acceptors (Lipinski definition) is 4. The molecule has 0 spiro atoms. The minimum Gasteiger partial charge on any atom is -0.378 e. The molecule has 1 fully saturated rings. The molecule has 7 nitrogen and oxygen atoms in total. The zero-order valence-electron chi connectivity index (χ0n) is 16.0. The molecular weight excluding hydrogens is 356 g/mol. The average Bonchev–Trinajstić information content (AvgIpc) is 3.07. The van der Waals surface area contributed by atoms with Gasteiger partial charge >= 0.3 is 6.03 Å². The molecular formula is C21H24N4O3. The lowest BCUT2D eigenvalue weighted by Crippen LogP contribution is -2.31. The van der Waals surface area contributed by atoms with Gasteiger partial charge < -0.3 is 9.80 Å². The van der Waals surface area contributed by atoms with Crippen LogP contribution in [0.25, 0.3) is 6.08 Å². The molecule has 0 unspecified atom stereocenters. The van der Waals surface area contributed by atoms with Crippen LogP contribution >= 0.6 is 0 Å². The van der Waals surface area contributed by atoms with Crippen LogP contribution < -0.4 is 15.3 Å². The SMILES string of the molecule is CN(C)c1cccc(CN2CCN(c3ccc(/C=C/C(=O)NO)cc3)C2=O)c1. The highest BCUT2D eigenvalue weighted by Crippen LogP contribution is 2.23. The Bertz CT molecular complexity index is 877. The Kier molecular flexibility index (Phi) is 5.96. The summed E-state index contributed by atoms with van der Waals surface area (Å²) in [5, 5.41) is 8.50. The second-order valence-electron chi connectivity index (χ2n) is 6.82. The Labute approximate surface area is 164 Å². The molecule has 0 bridgehead atoms. The summed E-state index contributed by atoms with van der Waals surface area (Å²) in [6.07, 6.45) is 2.82. The molecule has 1 aliphatic heterocycles. The van der Waals surface area contributed by atoms with E-state index in [1.54, 1.807) is 16.5 Å². The largest absolute Gasteiger partial charge is 0.378 e. The van der Waals surface area contributed by atoms with Gasteiger partial charge in [-0.1, -0.05) is 24.3 Å². The van der Waals surface area contributed by atoms with Gasteiger partial charge in [-0.05, 0) is 41.5 Å². The predicted octanol–water partition coefficient (Wildman–Crippen LogP) is 2.71. The molecule has 0 atom stereocenters. The van der Waals surface area contributed by atoms with Crippen molar-refractivity contribution in [3.63, 3.8) is 0 Å². The summed E-state index contributed by atoms with van der Waals surface area (Å²) in [5.74, 6) is -0.590. The first-order valence-electron chi connectivity index (χ1n) is 9.03. The van der Waals surface area contributed by atoms with Gasteiger partial charge in [0.2, 0.25) is 0 Å². The molecule has 28 heavy (non-hydrogen) atoms. The Morgan fingerprint density at radius 3 is 2.61 bits per heavy atom. The van der Waals surface area contributed by atoms with E-state index < -0.39 is 5.91 Å². The van der Waals surface area contributed by atoms with Crippen LogP contribution in [0.4, 0.5) is 16.2 Å². The minimum atomic E-state index is -0.590. The zero-order chi connectivity index (χ0) is 20.1. The van der Waals surface area contributed by atoms with Crippen LogP contribution in [0.2, 0.25) is 0 Å². The summed E-state index contributed by atoms with van der Waals surface area (Å²) in [6, 6.07) is 15.5. The summed E-state index contributed by atoms with van der Waals surface area (Å²) in [5.41, 5.74) is 5.38. The van der Waals surface area contributed by atoms with E-state index in [2.05, 4.69) is 6.07 Å². The summed E-state index contributed by atoms with van der Waals surface area (Å²) in [6.45, 7) is 1.88. The minimum absolute atomic E-state index is 0.0155. The normalized spacial score (nSPS) is 14.0. The molecule has 1 saturated heterocycles. The summed E-state index contributed by atoms with van der Waals surface area (Å²) in [4.78, 5) is 29.5. The van der Waals surface area contributed by atoms with E-state index in [0.717, 1.165) is 22.5 Å². The lowest BCUT2D eigenvalue weighted by Gasteiger charge is -2.20. The second kappa shape index (κ2) is 8.58. The monoisotopic (exact) mass is 380 g/mol. The lowest BCUT2D eigenvalue weighted by atomic mass is 10.2. The van der Waals surface area contributed by atoms with Gasteiger partial charge in [0, 0.05) is 51.2 Å². The van der Waals surface area contributed by atoms with E-state index in [1.807, 2.05) is 66.4 Å². The number of carbonyl (C=O) groups excluding carboxylic acids is 2. The fraction of sp³-hybridized carbons (Fsp3) is 0.238.